The highest BCUT2D eigenvalue weighted by Crippen LogP contribution is 2.22. The first kappa shape index (κ1) is 17.9. The summed E-state index contributed by atoms with van der Waals surface area (Å²) in [5, 5.41) is 0. The van der Waals surface area contributed by atoms with E-state index < -0.39 is 21.6 Å². The highest BCUT2D eigenvalue weighted by atomic mass is 32.2. The van der Waals surface area contributed by atoms with Gasteiger partial charge in [-0.05, 0) is 42.8 Å². The first-order chi connectivity index (χ1) is 11.2. The molecule has 0 radical (unpaired) electrons. The van der Waals surface area contributed by atoms with Crippen molar-refractivity contribution in [1.29, 1.82) is 0 Å². The van der Waals surface area contributed by atoms with E-state index in [0.717, 1.165) is 6.26 Å². The predicted molar refractivity (Wildman–Crippen MR) is 86.4 cm³/mol. The molecule has 2 aromatic carbocycles. The quantitative estimate of drug-likeness (QED) is 0.774. The van der Waals surface area contributed by atoms with Crippen molar-refractivity contribution in [3.8, 4) is 5.75 Å². The number of aryl methyl sites for hydroxylation is 1. The van der Waals surface area contributed by atoms with Crippen LogP contribution in [-0.4, -0.2) is 27.8 Å². The van der Waals surface area contributed by atoms with Crippen molar-refractivity contribution in [1.82, 2.24) is 0 Å². The van der Waals surface area contributed by atoms with Gasteiger partial charge in [-0.15, -0.1) is 0 Å². The third-order valence-electron chi connectivity index (χ3n) is 3.46. The van der Waals surface area contributed by atoms with E-state index in [9.17, 15) is 17.6 Å². The second kappa shape index (κ2) is 7.00. The molecule has 0 unspecified atom stereocenters. The number of esters is 1. The summed E-state index contributed by atoms with van der Waals surface area (Å²) in [6.07, 6.45) is 1.06. The van der Waals surface area contributed by atoms with Crippen molar-refractivity contribution >= 4 is 15.8 Å². The number of benzene rings is 2. The van der Waals surface area contributed by atoms with Crippen LogP contribution in [0.25, 0.3) is 0 Å². The van der Waals surface area contributed by atoms with E-state index in [1.807, 2.05) is 0 Å². The van der Waals surface area contributed by atoms with E-state index in [4.69, 9.17) is 9.47 Å². The molecule has 0 N–H and O–H groups in total. The topological polar surface area (TPSA) is 69.7 Å². The van der Waals surface area contributed by atoms with Crippen LogP contribution in [0.15, 0.2) is 41.3 Å². The molecule has 0 aromatic heterocycles. The molecule has 0 saturated carbocycles. The van der Waals surface area contributed by atoms with Gasteiger partial charge in [0.05, 0.1) is 17.6 Å². The number of hydrogen-bond donors (Lipinski definition) is 0. The van der Waals surface area contributed by atoms with Gasteiger partial charge in [0.2, 0.25) is 0 Å². The Morgan fingerprint density at radius 3 is 2.50 bits per heavy atom. The van der Waals surface area contributed by atoms with Gasteiger partial charge in [0.25, 0.3) is 0 Å². The Balaban J connectivity index is 2.24. The van der Waals surface area contributed by atoms with Crippen LogP contribution in [0.1, 0.15) is 21.5 Å². The van der Waals surface area contributed by atoms with E-state index in [2.05, 4.69) is 0 Å². The fourth-order valence-electron chi connectivity index (χ4n) is 2.13. The molecule has 0 spiro atoms. The third kappa shape index (κ3) is 4.11. The molecule has 0 heterocycles. The summed E-state index contributed by atoms with van der Waals surface area (Å²) < 4.78 is 46.8. The normalized spacial score (nSPS) is 11.2. The fourth-order valence-corrected chi connectivity index (χ4v) is 2.78. The minimum Gasteiger partial charge on any atom is -0.496 e. The lowest BCUT2D eigenvalue weighted by Crippen LogP contribution is -2.09. The molecule has 2 aromatic rings. The number of ether oxygens (including phenoxy) is 2. The zero-order chi connectivity index (χ0) is 17.9. The third-order valence-corrected chi connectivity index (χ3v) is 4.57. The number of halogens is 1. The van der Waals surface area contributed by atoms with Gasteiger partial charge in [-0.25, -0.2) is 17.6 Å². The molecule has 24 heavy (non-hydrogen) atoms. The average Bonchev–Trinajstić information content (AvgIpc) is 2.52. The van der Waals surface area contributed by atoms with Crippen molar-refractivity contribution in [2.24, 2.45) is 0 Å². The summed E-state index contributed by atoms with van der Waals surface area (Å²) in [4.78, 5) is 12.3. The molecule has 2 rings (SSSR count). The summed E-state index contributed by atoms with van der Waals surface area (Å²) >= 11 is 0. The molecule has 0 amide bonds. The van der Waals surface area contributed by atoms with Gasteiger partial charge < -0.3 is 9.47 Å². The summed E-state index contributed by atoms with van der Waals surface area (Å²) in [5.41, 5.74) is 1.11. The smallest absolute Gasteiger partial charge is 0.338 e. The van der Waals surface area contributed by atoms with Gasteiger partial charge in [-0.2, -0.15) is 0 Å². The molecule has 0 aliphatic rings. The van der Waals surface area contributed by atoms with Crippen molar-refractivity contribution < 1.29 is 27.1 Å². The molecule has 0 atom stereocenters. The summed E-state index contributed by atoms with van der Waals surface area (Å²) in [6, 6.07) is 8.13. The summed E-state index contributed by atoms with van der Waals surface area (Å²) in [7, 11) is -2.01. The first-order valence-corrected chi connectivity index (χ1v) is 8.92. The van der Waals surface area contributed by atoms with E-state index >= 15 is 0 Å². The number of sulfone groups is 1. The van der Waals surface area contributed by atoms with Gasteiger partial charge in [0.1, 0.15) is 18.2 Å². The molecule has 128 valence electrons. The summed E-state index contributed by atoms with van der Waals surface area (Å²) in [6.45, 7) is 1.48. The lowest BCUT2D eigenvalue weighted by Gasteiger charge is -2.11. The minimum absolute atomic E-state index is 0.0309. The maximum Gasteiger partial charge on any atom is 0.338 e. The summed E-state index contributed by atoms with van der Waals surface area (Å²) in [5.74, 6) is -0.771. The second-order valence-electron chi connectivity index (χ2n) is 5.28. The standard InChI is InChI=1S/C17H17FO5S/c1-11-4-6-14(24(3,20)21)9-15(11)17(19)23-10-12-8-13(18)5-7-16(12)22-2/h4-9H,10H2,1-3H3. The largest absolute Gasteiger partial charge is 0.496 e. The van der Waals surface area contributed by atoms with Crippen LogP contribution in [0.5, 0.6) is 5.75 Å². The van der Waals surface area contributed by atoms with Crippen molar-refractivity contribution in [3.05, 3.63) is 58.9 Å². The molecule has 0 fully saturated rings. The van der Waals surface area contributed by atoms with Crippen LogP contribution in [0, 0.1) is 12.7 Å². The van der Waals surface area contributed by atoms with Crippen LogP contribution in [0.4, 0.5) is 4.39 Å². The van der Waals surface area contributed by atoms with Crippen LogP contribution < -0.4 is 4.74 Å². The average molecular weight is 352 g/mol. The highest BCUT2D eigenvalue weighted by Gasteiger charge is 2.16. The molecule has 0 saturated heterocycles. The van der Waals surface area contributed by atoms with Gasteiger partial charge in [0.15, 0.2) is 9.84 Å². The Kier molecular flexibility index (Phi) is 5.23. The van der Waals surface area contributed by atoms with Crippen molar-refractivity contribution in [2.45, 2.75) is 18.4 Å². The van der Waals surface area contributed by atoms with Crippen LogP contribution in [0.3, 0.4) is 0 Å². The molecule has 0 bridgehead atoms. The van der Waals surface area contributed by atoms with Gasteiger partial charge >= 0.3 is 5.97 Å². The Morgan fingerprint density at radius 2 is 1.88 bits per heavy atom. The number of carbonyl (C=O) groups excluding carboxylic acids is 1. The van der Waals surface area contributed by atoms with E-state index in [1.165, 1.54) is 43.5 Å². The van der Waals surface area contributed by atoms with Gasteiger partial charge in [-0.3, -0.25) is 0 Å². The molecule has 0 aliphatic carbocycles. The maximum absolute atomic E-state index is 13.3. The zero-order valence-corrected chi connectivity index (χ0v) is 14.3. The van der Waals surface area contributed by atoms with E-state index in [0.29, 0.717) is 16.9 Å². The Hall–Kier alpha value is -2.41. The van der Waals surface area contributed by atoms with E-state index in [-0.39, 0.29) is 17.1 Å². The maximum atomic E-state index is 13.3. The Bertz CT molecular complexity index is 875. The zero-order valence-electron chi connectivity index (χ0n) is 13.5. The molecule has 0 aliphatic heterocycles. The van der Waals surface area contributed by atoms with Gasteiger partial charge in [0, 0.05) is 11.8 Å². The monoisotopic (exact) mass is 352 g/mol. The second-order valence-corrected chi connectivity index (χ2v) is 7.30. The number of hydrogen-bond acceptors (Lipinski definition) is 5. The fraction of sp³-hybridized carbons (Fsp3) is 0.235. The molecular formula is C17H17FO5S. The van der Waals surface area contributed by atoms with Crippen LogP contribution in [-0.2, 0) is 21.2 Å². The van der Waals surface area contributed by atoms with Crippen molar-refractivity contribution in [3.63, 3.8) is 0 Å². The number of methoxy groups -OCH3 is 1. The SMILES string of the molecule is COc1ccc(F)cc1COC(=O)c1cc(S(C)(=O)=O)ccc1C. The molecular weight excluding hydrogens is 335 g/mol. The van der Waals surface area contributed by atoms with Crippen molar-refractivity contribution in [2.75, 3.05) is 13.4 Å². The predicted octanol–water partition coefficient (Wildman–Crippen LogP) is 2.90. The number of carbonyl (C=O) groups is 1. The number of rotatable bonds is 5. The first-order valence-electron chi connectivity index (χ1n) is 7.02. The molecule has 5 nitrogen and oxygen atoms in total. The van der Waals surface area contributed by atoms with Crippen LogP contribution in [0.2, 0.25) is 0 Å². The Labute approximate surface area is 139 Å². The lowest BCUT2D eigenvalue weighted by atomic mass is 10.1. The van der Waals surface area contributed by atoms with Crippen LogP contribution >= 0.6 is 0 Å². The minimum atomic E-state index is -3.44. The lowest BCUT2D eigenvalue weighted by molar-refractivity contribution is 0.0468. The van der Waals surface area contributed by atoms with Gasteiger partial charge in [-0.1, -0.05) is 6.07 Å². The Morgan fingerprint density at radius 1 is 1.17 bits per heavy atom. The molecule has 7 heteroatoms. The van der Waals surface area contributed by atoms with E-state index in [1.54, 1.807) is 6.92 Å². The highest BCUT2D eigenvalue weighted by molar-refractivity contribution is 7.90.